The van der Waals surface area contributed by atoms with Gasteiger partial charge < -0.3 is 15.4 Å². The Morgan fingerprint density at radius 2 is 2.11 bits per heavy atom. The summed E-state index contributed by atoms with van der Waals surface area (Å²) in [7, 11) is 1.61. The Kier molecular flexibility index (Phi) is 5.59. The molecule has 0 aromatic carbocycles. The van der Waals surface area contributed by atoms with Gasteiger partial charge in [-0.1, -0.05) is 0 Å². The zero-order valence-electron chi connectivity index (χ0n) is 16.2. The molecule has 2 bridgehead atoms. The van der Waals surface area contributed by atoms with Crippen LogP contribution in [-0.2, 0) is 0 Å². The van der Waals surface area contributed by atoms with Crippen LogP contribution in [-0.4, -0.2) is 51.6 Å². The standard InChI is InChI=1S/C19H25N7OS/c1-12-11-21-19(28-12)24-16-10-17(27-2)25-18(23-16)22-13-8-14-4-5-15(9-13)26(14)7-3-6-20/h10-11,13-15H,3-5,7-9H2,1-2H3,(H2,21,22,23,24,25)/t13?,14-,15+. The molecule has 2 aliphatic heterocycles. The Bertz CT molecular complexity index is 850. The first-order chi connectivity index (χ1) is 13.6. The highest BCUT2D eigenvalue weighted by molar-refractivity contribution is 7.15. The zero-order valence-corrected chi connectivity index (χ0v) is 17.0. The third-order valence-corrected chi connectivity index (χ3v) is 6.30. The summed E-state index contributed by atoms with van der Waals surface area (Å²) in [6.07, 6.45) is 6.97. The van der Waals surface area contributed by atoms with Crippen LogP contribution in [0.3, 0.4) is 0 Å². The SMILES string of the molecule is COc1cc(Nc2ncc(C)s2)nc(NC2C[C@H]3CC[C@@H](C2)N3CCC#N)n1. The van der Waals surface area contributed by atoms with Crippen LogP contribution < -0.4 is 15.4 Å². The third kappa shape index (κ3) is 4.18. The van der Waals surface area contributed by atoms with Gasteiger partial charge in [-0.3, -0.25) is 4.90 Å². The van der Waals surface area contributed by atoms with Crippen molar-refractivity contribution in [2.45, 2.75) is 57.2 Å². The van der Waals surface area contributed by atoms with Crippen molar-refractivity contribution < 1.29 is 4.74 Å². The lowest BCUT2D eigenvalue weighted by Crippen LogP contribution is -2.47. The van der Waals surface area contributed by atoms with Crippen molar-refractivity contribution in [2.24, 2.45) is 0 Å². The van der Waals surface area contributed by atoms with E-state index in [-0.39, 0.29) is 0 Å². The second kappa shape index (κ2) is 8.29. The third-order valence-electron chi connectivity index (χ3n) is 5.47. The average molecular weight is 400 g/mol. The molecule has 2 aromatic heterocycles. The largest absolute Gasteiger partial charge is 0.481 e. The van der Waals surface area contributed by atoms with Gasteiger partial charge in [-0.15, -0.1) is 11.3 Å². The smallest absolute Gasteiger partial charge is 0.228 e. The van der Waals surface area contributed by atoms with Crippen LogP contribution in [0.1, 0.15) is 37.0 Å². The summed E-state index contributed by atoms with van der Waals surface area (Å²) in [5.74, 6) is 1.76. The molecule has 0 aliphatic carbocycles. The number of hydrogen-bond acceptors (Lipinski definition) is 9. The molecular weight excluding hydrogens is 374 g/mol. The molecule has 0 spiro atoms. The number of rotatable bonds is 7. The maximum atomic E-state index is 8.89. The van der Waals surface area contributed by atoms with Gasteiger partial charge in [0.25, 0.3) is 0 Å². The Hall–Kier alpha value is -2.44. The molecule has 3 atom stereocenters. The van der Waals surface area contributed by atoms with Crippen molar-refractivity contribution in [3.63, 3.8) is 0 Å². The van der Waals surface area contributed by atoms with Crippen molar-refractivity contribution in [3.05, 3.63) is 17.1 Å². The number of ether oxygens (including phenoxy) is 1. The molecule has 2 fully saturated rings. The molecule has 2 aliphatic rings. The minimum atomic E-state index is 0.331. The van der Waals surface area contributed by atoms with E-state index in [2.05, 4.69) is 36.6 Å². The average Bonchev–Trinajstić information content (AvgIpc) is 3.19. The molecule has 4 rings (SSSR count). The topological polar surface area (TPSA) is 99.0 Å². The molecule has 148 valence electrons. The lowest BCUT2D eigenvalue weighted by atomic mass is 9.97. The Morgan fingerprint density at radius 3 is 2.75 bits per heavy atom. The zero-order chi connectivity index (χ0) is 19.5. The van der Waals surface area contributed by atoms with Gasteiger partial charge in [0.05, 0.1) is 13.2 Å². The van der Waals surface area contributed by atoms with Gasteiger partial charge in [-0.25, -0.2) is 4.98 Å². The van der Waals surface area contributed by atoms with E-state index in [0.717, 1.165) is 29.4 Å². The number of aromatic nitrogens is 3. The van der Waals surface area contributed by atoms with Crippen molar-refractivity contribution in [2.75, 3.05) is 24.3 Å². The number of nitrogens with one attached hydrogen (secondary N) is 2. The first kappa shape index (κ1) is 18.9. The highest BCUT2D eigenvalue weighted by Crippen LogP contribution is 2.36. The number of anilines is 3. The number of aryl methyl sites for hydroxylation is 1. The van der Waals surface area contributed by atoms with Crippen LogP contribution in [0.5, 0.6) is 5.88 Å². The minimum absolute atomic E-state index is 0.331. The van der Waals surface area contributed by atoms with Crippen molar-refractivity contribution in [1.29, 1.82) is 5.26 Å². The summed E-state index contributed by atoms with van der Waals surface area (Å²) in [5.41, 5.74) is 0. The minimum Gasteiger partial charge on any atom is -0.481 e. The second-order valence-corrected chi connectivity index (χ2v) is 8.60. The molecule has 2 saturated heterocycles. The van der Waals surface area contributed by atoms with Crippen LogP contribution >= 0.6 is 11.3 Å². The second-order valence-electron chi connectivity index (χ2n) is 7.36. The summed E-state index contributed by atoms with van der Waals surface area (Å²) < 4.78 is 5.36. The molecule has 0 amide bonds. The molecule has 28 heavy (non-hydrogen) atoms. The fraction of sp³-hybridized carbons (Fsp3) is 0.579. The highest BCUT2D eigenvalue weighted by atomic mass is 32.1. The van der Waals surface area contributed by atoms with Gasteiger partial charge in [0, 0.05) is 48.2 Å². The van der Waals surface area contributed by atoms with E-state index in [4.69, 9.17) is 10.00 Å². The van der Waals surface area contributed by atoms with E-state index < -0.39 is 0 Å². The predicted molar refractivity (Wildman–Crippen MR) is 109 cm³/mol. The molecule has 0 radical (unpaired) electrons. The van der Waals surface area contributed by atoms with E-state index in [0.29, 0.717) is 42.2 Å². The predicted octanol–water partition coefficient (Wildman–Crippen LogP) is 3.31. The van der Waals surface area contributed by atoms with Crippen molar-refractivity contribution in [3.8, 4) is 11.9 Å². The molecule has 9 heteroatoms. The number of fused-ring (bicyclic) bond motifs is 2. The highest BCUT2D eigenvalue weighted by Gasteiger charge is 2.40. The fourth-order valence-electron chi connectivity index (χ4n) is 4.30. The monoisotopic (exact) mass is 399 g/mol. The molecule has 1 unspecified atom stereocenters. The van der Waals surface area contributed by atoms with Crippen LogP contribution in [0.15, 0.2) is 12.3 Å². The summed E-state index contributed by atoms with van der Waals surface area (Å²) in [5, 5.41) is 16.4. The Balaban J connectivity index is 1.45. The van der Waals surface area contributed by atoms with Gasteiger partial charge >= 0.3 is 0 Å². The summed E-state index contributed by atoms with van der Waals surface area (Å²) in [4.78, 5) is 17.1. The maximum absolute atomic E-state index is 8.89. The van der Waals surface area contributed by atoms with Crippen LogP contribution in [0.4, 0.5) is 16.9 Å². The van der Waals surface area contributed by atoms with Crippen LogP contribution in [0.25, 0.3) is 0 Å². The molecule has 0 saturated carbocycles. The van der Waals surface area contributed by atoms with Gasteiger partial charge in [-0.05, 0) is 32.6 Å². The Morgan fingerprint density at radius 1 is 1.32 bits per heavy atom. The molecule has 4 heterocycles. The quantitative estimate of drug-likeness (QED) is 0.732. The molecule has 8 nitrogen and oxygen atoms in total. The summed E-state index contributed by atoms with van der Waals surface area (Å²) in [6.45, 7) is 2.91. The number of methoxy groups -OCH3 is 1. The van der Waals surface area contributed by atoms with Gasteiger partial charge in [0.2, 0.25) is 11.8 Å². The normalized spacial score (nSPS) is 24.0. The van der Waals surface area contributed by atoms with E-state index >= 15 is 0 Å². The van der Waals surface area contributed by atoms with Gasteiger partial charge in [0.15, 0.2) is 5.13 Å². The van der Waals surface area contributed by atoms with Crippen LogP contribution in [0.2, 0.25) is 0 Å². The van der Waals surface area contributed by atoms with Crippen LogP contribution in [0, 0.1) is 18.3 Å². The van der Waals surface area contributed by atoms with Gasteiger partial charge in [-0.2, -0.15) is 15.2 Å². The number of nitrogens with zero attached hydrogens (tertiary/aromatic N) is 5. The van der Waals surface area contributed by atoms with E-state index in [1.165, 1.54) is 12.8 Å². The lowest BCUT2D eigenvalue weighted by molar-refractivity contribution is 0.135. The molecular formula is C19H25N7OS. The first-order valence-electron chi connectivity index (χ1n) is 9.66. The lowest BCUT2D eigenvalue weighted by Gasteiger charge is -2.38. The van der Waals surface area contributed by atoms with Crippen molar-refractivity contribution >= 4 is 28.2 Å². The van der Waals surface area contributed by atoms with Gasteiger partial charge in [0.1, 0.15) is 5.82 Å². The maximum Gasteiger partial charge on any atom is 0.228 e. The van der Waals surface area contributed by atoms with E-state index in [9.17, 15) is 0 Å². The van der Waals surface area contributed by atoms with E-state index in [1.807, 2.05) is 13.1 Å². The summed E-state index contributed by atoms with van der Waals surface area (Å²) >= 11 is 1.58. The number of hydrogen-bond donors (Lipinski definition) is 2. The van der Waals surface area contributed by atoms with Crippen molar-refractivity contribution in [1.82, 2.24) is 19.9 Å². The first-order valence-corrected chi connectivity index (χ1v) is 10.5. The fourth-order valence-corrected chi connectivity index (χ4v) is 4.97. The number of thiazole rings is 1. The Labute approximate surface area is 169 Å². The summed E-state index contributed by atoms with van der Waals surface area (Å²) in [6, 6.07) is 5.47. The van der Waals surface area contributed by atoms with E-state index in [1.54, 1.807) is 24.5 Å². The number of nitriles is 1. The number of piperidine rings is 1. The molecule has 2 N–H and O–H groups in total. The molecule has 2 aromatic rings.